The van der Waals surface area contributed by atoms with E-state index >= 15 is 0 Å². The third kappa shape index (κ3) is 6.24. The van der Waals surface area contributed by atoms with Crippen LogP contribution >= 0.6 is 23.5 Å². The number of halogens is 1. The standard InChI is InChI=1S/C29H20FN5O2S2/c30-25-5-1-3-20(15-25)18-39-28-34-32-26(36-28)23-12-10-22(11-13-23)21-8-6-19(7-9-21)17-38-29-35-33-27(37-29)24-4-2-14-31-16-24/h1-16H,17-18H2. The smallest absolute Gasteiger partial charge is 0.277 e. The Labute approximate surface area is 231 Å². The second kappa shape index (κ2) is 11.6. The predicted octanol–water partition coefficient (Wildman–Crippen LogP) is 7.57. The molecule has 3 aromatic heterocycles. The summed E-state index contributed by atoms with van der Waals surface area (Å²) in [5.41, 5.74) is 5.82. The van der Waals surface area contributed by atoms with Crippen molar-refractivity contribution in [3.05, 3.63) is 114 Å². The lowest BCUT2D eigenvalue weighted by Gasteiger charge is -2.05. The third-order valence-corrected chi connectivity index (χ3v) is 7.53. The summed E-state index contributed by atoms with van der Waals surface area (Å²) in [4.78, 5) is 4.08. The molecular weight excluding hydrogens is 533 g/mol. The van der Waals surface area contributed by atoms with E-state index in [-0.39, 0.29) is 5.82 Å². The molecule has 3 heterocycles. The molecule has 39 heavy (non-hydrogen) atoms. The van der Waals surface area contributed by atoms with Crippen LogP contribution in [0.2, 0.25) is 0 Å². The lowest BCUT2D eigenvalue weighted by atomic mass is 10.0. The highest BCUT2D eigenvalue weighted by atomic mass is 32.2. The Morgan fingerprint density at radius 2 is 1.21 bits per heavy atom. The van der Waals surface area contributed by atoms with E-state index in [9.17, 15) is 4.39 Å². The molecular formula is C29H20FN5O2S2. The first-order valence-electron chi connectivity index (χ1n) is 12.0. The summed E-state index contributed by atoms with van der Waals surface area (Å²) in [6, 6.07) is 26.5. The number of thioether (sulfide) groups is 2. The third-order valence-electron chi connectivity index (χ3n) is 5.75. The van der Waals surface area contributed by atoms with E-state index in [4.69, 9.17) is 8.83 Å². The minimum absolute atomic E-state index is 0.257. The molecule has 0 bridgehead atoms. The van der Waals surface area contributed by atoms with Crippen LogP contribution in [0.25, 0.3) is 34.0 Å². The van der Waals surface area contributed by atoms with Crippen LogP contribution in [0, 0.1) is 5.82 Å². The largest absolute Gasteiger partial charge is 0.411 e. The fourth-order valence-corrected chi connectivity index (χ4v) is 5.20. The van der Waals surface area contributed by atoms with Gasteiger partial charge in [-0.3, -0.25) is 4.98 Å². The predicted molar refractivity (Wildman–Crippen MR) is 148 cm³/mol. The number of nitrogens with zero attached hydrogens (tertiary/aromatic N) is 5. The SMILES string of the molecule is Fc1cccc(CSc2nnc(-c3ccc(-c4ccc(CSc5nnc(-c6cccnc6)o5)cc4)cc3)o2)c1. The van der Waals surface area contributed by atoms with E-state index in [1.54, 1.807) is 18.5 Å². The maximum Gasteiger partial charge on any atom is 0.277 e. The molecule has 0 spiro atoms. The van der Waals surface area contributed by atoms with Gasteiger partial charge < -0.3 is 8.83 Å². The molecule has 0 radical (unpaired) electrons. The minimum Gasteiger partial charge on any atom is -0.411 e. The van der Waals surface area contributed by atoms with E-state index in [1.165, 1.54) is 35.7 Å². The van der Waals surface area contributed by atoms with Crippen molar-refractivity contribution in [2.24, 2.45) is 0 Å². The Hall–Kier alpha value is -4.28. The second-order valence-corrected chi connectivity index (χ2v) is 10.3. The number of rotatable bonds is 9. The first-order valence-corrected chi connectivity index (χ1v) is 13.9. The van der Waals surface area contributed by atoms with Crippen molar-refractivity contribution < 1.29 is 13.2 Å². The van der Waals surface area contributed by atoms with Crippen LogP contribution < -0.4 is 0 Å². The summed E-state index contributed by atoms with van der Waals surface area (Å²) in [5, 5.41) is 17.5. The zero-order valence-corrected chi connectivity index (χ0v) is 22.0. The molecule has 192 valence electrons. The van der Waals surface area contributed by atoms with Gasteiger partial charge >= 0.3 is 0 Å². The summed E-state index contributed by atoms with van der Waals surface area (Å²) in [6.07, 6.45) is 3.40. The van der Waals surface area contributed by atoms with Crippen molar-refractivity contribution in [2.45, 2.75) is 22.0 Å². The maximum absolute atomic E-state index is 13.4. The van der Waals surface area contributed by atoms with Crippen LogP contribution in [0.15, 0.2) is 117 Å². The molecule has 10 heteroatoms. The molecule has 7 nitrogen and oxygen atoms in total. The van der Waals surface area contributed by atoms with Gasteiger partial charge in [0.2, 0.25) is 11.8 Å². The van der Waals surface area contributed by atoms with E-state index in [1.807, 2.05) is 42.5 Å². The van der Waals surface area contributed by atoms with Crippen molar-refractivity contribution >= 4 is 23.5 Å². The highest BCUT2D eigenvalue weighted by molar-refractivity contribution is 7.98. The Morgan fingerprint density at radius 3 is 1.85 bits per heavy atom. The molecule has 0 fully saturated rings. The summed E-state index contributed by atoms with van der Waals surface area (Å²) in [5.74, 6) is 1.92. The van der Waals surface area contributed by atoms with Gasteiger partial charge in [0.1, 0.15) is 5.82 Å². The minimum atomic E-state index is -0.257. The Bertz CT molecular complexity index is 1670. The van der Waals surface area contributed by atoms with Crippen molar-refractivity contribution in [1.29, 1.82) is 0 Å². The molecule has 0 unspecified atom stereocenters. The van der Waals surface area contributed by atoms with Gasteiger partial charge in [-0.15, -0.1) is 20.4 Å². The zero-order chi connectivity index (χ0) is 26.4. The lowest BCUT2D eigenvalue weighted by Crippen LogP contribution is -1.84. The monoisotopic (exact) mass is 553 g/mol. The number of aromatic nitrogens is 5. The maximum atomic E-state index is 13.4. The van der Waals surface area contributed by atoms with Gasteiger partial charge in [-0.1, -0.05) is 72.1 Å². The molecule has 0 saturated heterocycles. The highest BCUT2D eigenvalue weighted by Crippen LogP contribution is 2.29. The number of hydrogen-bond acceptors (Lipinski definition) is 9. The van der Waals surface area contributed by atoms with Crippen LogP contribution in [0.3, 0.4) is 0 Å². The Balaban J connectivity index is 1.05. The average molecular weight is 554 g/mol. The van der Waals surface area contributed by atoms with Gasteiger partial charge in [0.15, 0.2) is 0 Å². The second-order valence-electron chi connectivity index (χ2n) is 8.47. The van der Waals surface area contributed by atoms with Gasteiger partial charge in [-0.05, 0) is 58.7 Å². The van der Waals surface area contributed by atoms with Crippen molar-refractivity contribution in [3.63, 3.8) is 0 Å². The molecule has 0 aliphatic rings. The van der Waals surface area contributed by atoms with Crippen LogP contribution in [-0.4, -0.2) is 25.4 Å². The van der Waals surface area contributed by atoms with Gasteiger partial charge in [0.25, 0.3) is 10.4 Å². The van der Waals surface area contributed by atoms with E-state index in [0.717, 1.165) is 33.4 Å². The first kappa shape index (κ1) is 25.0. The van der Waals surface area contributed by atoms with E-state index < -0.39 is 0 Å². The van der Waals surface area contributed by atoms with Gasteiger partial charge in [0, 0.05) is 29.5 Å². The summed E-state index contributed by atoms with van der Waals surface area (Å²) in [6.45, 7) is 0. The molecule has 6 rings (SSSR count). The van der Waals surface area contributed by atoms with Crippen molar-refractivity contribution in [3.8, 4) is 34.0 Å². The van der Waals surface area contributed by atoms with Gasteiger partial charge in [-0.2, -0.15) is 0 Å². The quantitative estimate of drug-likeness (QED) is 0.168. The molecule has 0 N–H and O–H groups in total. The molecule has 6 aromatic rings. The van der Waals surface area contributed by atoms with Gasteiger partial charge in [-0.25, -0.2) is 4.39 Å². The highest BCUT2D eigenvalue weighted by Gasteiger charge is 2.11. The molecule has 0 atom stereocenters. The normalized spacial score (nSPS) is 11.1. The summed E-state index contributed by atoms with van der Waals surface area (Å²) < 4.78 is 24.9. The Kier molecular flexibility index (Phi) is 7.46. The lowest BCUT2D eigenvalue weighted by molar-refractivity contribution is 0.465. The molecule has 3 aromatic carbocycles. The molecule has 0 aliphatic heterocycles. The number of benzene rings is 3. The van der Waals surface area contributed by atoms with Crippen LogP contribution in [0.4, 0.5) is 4.39 Å². The van der Waals surface area contributed by atoms with E-state index in [0.29, 0.717) is 33.7 Å². The fraction of sp³-hybridized carbons (Fsp3) is 0.0690. The first-order chi connectivity index (χ1) is 19.2. The fourth-order valence-electron chi connectivity index (χ4n) is 3.77. The average Bonchev–Trinajstić information content (AvgIpc) is 3.66. The van der Waals surface area contributed by atoms with Crippen LogP contribution in [-0.2, 0) is 11.5 Å². The molecule has 0 amide bonds. The van der Waals surface area contributed by atoms with E-state index in [2.05, 4.69) is 49.6 Å². The summed E-state index contributed by atoms with van der Waals surface area (Å²) in [7, 11) is 0. The van der Waals surface area contributed by atoms with Crippen molar-refractivity contribution in [1.82, 2.24) is 25.4 Å². The van der Waals surface area contributed by atoms with Crippen LogP contribution in [0.5, 0.6) is 0 Å². The van der Waals surface area contributed by atoms with Gasteiger partial charge in [0.05, 0.1) is 5.56 Å². The zero-order valence-electron chi connectivity index (χ0n) is 20.4. The molecule has 0 saturated carbocycles. The molecule has 0 aliphatic carbocycles. The van der Waals surface area contributed by atoms with Crippen molar-refractivity contribution in [2.75, 3.05) is 0 Å². The topological polar surface area (TPSA) is 90.7 Å². The Morgan fingerprint density at radius 1 is 0.590 bits per heavy atom. The number of hydrogen-bond donors (Lipinski definition) is 0. The summed E-state index contributed by atoms with van der Waals surface area (Å²) >= 11 is 2.87. The number of pyridine rings is 1. The van der Waals surface area contributed by atoms with Crippen LogP contribution in [0.1, 0.15) is 11.1 Å².